The summed E-state index contributed by atoms with van der Waals surface area (Å²) in [5.74, 6) is 0.0593. The highest BCUT2D eigenvalue weighted by Crippen LogP contribution is 2.22. The quantitative estimate of drug-likeness (QED) is 0.820. The number of halogens is 1. The van der Waals surface area contributed by atoms with Crippen molar-refractivity contribution in [1.82, 2.24) is 4.90 Å². The Hall–Kier alpha value is -1.36. The molecule has 0 aromatic heterocycles. The van der Waals surface area contributed by atoms with Crippen LogP contribution in [0.3, 0.4) is 0 Å². The monoisotopic (exact) mass is 366 g/mol. The summed E-state index contributed by atoms with van der Waals surface area (Å²) >= 11 is 3.46. The van der Waals surface area contributed by atoms with Gasteiger partial charge in [0, 0.05) is 30.2 Å². The zero-order valence-corrected chi connectivity index (χ0v) is 14.9. The Kier molecular flexibility index (Phi) is 6.00. The SMILES string of the molecule is Cc1cc(N(C)C(=O)CN2CCCCCCC2=O)ccc1Br. The Morgan fingerprint density at radius 1 is 1.27 bits per heavy atom. The summed E-state index contributed by atoms with van der Waals surface area (Å²) in [6, 6.07) is 5.82. The normalized spacial score (nSPS) is 16.1. The van der Waals surface area contributed by atoms with Gasteiger partial charge in [-0.1, -0.05) is 28.8 Å². The molecule has 0 saturated carbocycles. The average Bonchev–Trinajstić information content (AvgIpc) is 2.49. The van der Waals surface area contributed by atoms with E-state index in [1.165, 1.54) is 0 Å². The van der Waals surface area contributed by atoms with Crippen LogP contribution in [0.4, 0.5) is 5.69 Å². The van der Waals surface area contributed by atoms with Gasteiger partial charge in [-0.25, -0.2) is 0 Å². The summed E-state index contributed by atoms with van der Waals surface area (Å²) in [6.07, 6.45) is 4.74. The van der Waals surface area contributed by atoms with Gasteiger partial charge in [0.25, 0.3) is 0 Å². The third-order valence-electron chi connectivity index (χ3n) is 4.15. The molecule has 2 amide bonds. The second kappa shape index (κ2) is 7.77. The minimum atomic E-state index is -0.0457. The standard InChI is InChI=1S/C17H23BrN2O2/c1-13-11-14(8-9-15(13)18)19(2)17(22)12-20-10-6-4-3-5-7-16(20)21/h8-9,11H,3-7,10,12H2,1-2H3. The van der Waals surface area contributed by atoms with Crippen LogP contribution >= 0.6 is 15.9 Å². The predicted molar refractivity (Wildman–Crippen MR) is 92.0 cm³/mol. The van der Waals surface area contributed by atoms with Gasteiger partial charge >= 0.3 is 0 Å². The number of hydrogen-bond acceptors (Lipinski definition) is 2. The van der Waals surface area contributed by atoms with Crippen LogP contribution in [-0.4, -0.2) is 36.9 Å². The maximum atomic E-state index is 12.5. The van der Waals surface area contributed by atoms with Crippen LogP contribution in [0.5, 0.6) is 0 Å². The van der Waals surface area contributed by atoms with Crippen LogP contribution in [0.1, 0.15) is 37.7 Å². The first-order valence-electron chi connectivity index (χ1n) is 7.79. The molecule has 4 nitrogen and oxygen atoms in total. The van der Waals surface area contributed by atoms with Gasteiger partial charge in [0.05, 0.1) is 0 Å². The number of likely N-dealkylation sites (tertiary alicyclic amines) is 1. The lowest BCUT2D eigenvalue weighted by Gasteiger charge is -2.27. The van der Waals surface area contributed by atoms with E-state index in [1.54, 1.807) is 16.8 Å². The van der Waals surface area contributed by atoms with E-state index in [1.807, 2.05) is 25.1 Å². The molecule has 0 aliphatic carbocycles. The number of aryl methyl sites for hydroxylation is 1. The van der Waals surface area contributed by atoms with Crippen LogP contribution in [0.2, 0.25) is 0 Å². The Labute approximate surface area is 140 Å². The summed E-state index contributed by atoms with van der Waals surface area (Å²) in [4.78, 5) is 27.9. The molecule has 2 rings (SSSR count). The zero-order valence-electron chi connectivity index (χ0n) is 13.3. The Bertz CT molecular complexity index is 560. The molecule has 0 unspecified atom stereocenters. The largest absolute Gasteiger partial charge is 0.333 e. The van der Waals surface area contributed by atoms with Gasteiger partial charge in [-0.3, -0.25) is 9.59 Å². The number of amides is 2. The van der Waals surface area contributed by atoms with Gasteiger partial charge < -0.3 is 9.80 Å². The molecule has 1 aliphatic rings. The van der Waals surface area contributed by atoms with Crippen LogP contribution in [-0.2, 0) is 9.59 Å². The molecule has 1 aliphatic heterocycles. The minimum absolute atomic E-state index is 0.0457. The highest BCUT2D eigenvalue weighted by atomic mass is 79.9. The highest BCUT2D eigenvalue weighted by Gasteiger charge is 2.21. The second-order valence-electron chi connectivity index (χ2n) is 5.87. The fraction of sp³-hybridized carbons (Fsp3) is 0.529. The van der Waals surface area contributed by atoms with Crippen LogP contribution in [0, 0.1) is 6.92 Å². The van der Waals surface area contributed by atoms with Crippen molar-refractivity contribution >= 4 is 33.4 Å². The number of rotatable bonds is 3. The molecule has 5 heteroatoms. The van der Waals surface area contributed by atoms with E-state index >= 15 is 0 Å². The smallest absolute Gasteiger partial charge is 0.246 e. The number of carbonyl (C=O) groups is 2. The topological polar surface area (TPSA) is 40.6 Å². The van der Waals surface area contributed by atoms with Gasteiger partial charge in [-0.05, 0) is 43.5 Å². The third kappa shape index (κ3) is 4.32. The molecule has 0 atom stereocenters. The van der Waals surface area contributed by atoms with Gasteiger partial charge in [0.2, 0.25) is 11.8 Å². The molecular formula is C17H23BrN2O2. The summed E-state index contributed by atoms with van der Waals surface area (Å²) in [6.45, 7) is 2.86. The van der Waals surface area contributed by atoms with Crippen molar-refractivity contribution in [2.24, 2.45) is 0 Å². The van der Waals surface area contributed by atoms with Crippen molar-refractivity contribution < 1.29 is 9.59 Å². The van der Waals surface area contributed by atoms with Crippen molar-refractivity contribution in [3.05, 3.63) is 28.2 Å². The molecule has 0 bridgehead atoms. The number of carbonyl (C=O) groups excluding carboxylic acids is 2. The Morgan fingerprint density at radius 2 is 2.00 bits per heavy atom. The van der Waals surface area contributed by atoms with Gasteiger partial charge in [0.15, 0.2) is 0 Å². The lowest BCUT2D eigenvalue weighted by molar-refractivity contribution is -0.135. The van der Waals surface area contributed by atoms with Crippen molar-refractivity contribution in [2.45, 2.75) is 39.0 Å². The van der Waals surface area contributed by atoms with Crippen LogP contribution in [0.25, 0.3) is 0 Å². The summed E-state index contributed by atoms with van der Waals surface area (Å²) in [7, 11) is 1.76. The molecule has 0 N–H and O–H groups in total. The van der Waals surface area contributed by atoms with Gasteiger partial charge in [-0.15, -0.1) is 0 Å². The number of hydrogen-bond donors (Lipinski definition) is 0. The van der Waals surface area contributed by atoms with E-state index in [2.05, 4.69) is 15.9 Å². The van der Waals surface area contributed by atoms with Crippen molar-refractivity contribution in [3.8, 4) is 0 Å². The molecule has 0 spiro atoms. The lowest BCUT2D eigenvalue weighted by atomic mass is 10.1. The van der Waals surface area contributed by atoms with Crippen molar-refractivity contribution in [1.29, 1.82) is 0 Å². The molecule has 0 radical (unpaired) electrons. The van der Waals surface area contributed by atoms with Crippen LogP contribution < -0.4 is 4.90 Å². The predicted octanol–water partition coefficient (Wildman–Crippen LogP) is 3.51. The number of nitrogens with zero attached hydrogens (tertiary/aromatic N) is 2. The van der Waals surface area contributed by atoms with Gasteiger partial charge in [-0.2, -0.15) is 0 Å². The first kappa shape index (κ1) is 17.0. The van der Waals surface area contributed by atoms with E-state index in [4.69, 9.17) is 0 Å². The lowest BCUT2D eigenvalue weighted by Crippen LogP contribution is -2.42. The Morgan fingerprint density at radius 3 is 2.73 bits per heavy atom. The number of anilines is 1. The van der Waals surface area contributed by atoms with E-state index in [0.29, 0.717) is 13.0 Å². The average molecular weight is 367 g/mol. The van der Waals surface area contributed by atoms with E-state index < -0.39 is 0 Å². The number of benzene rings is 1. The first-order chi connectivity index (χ1) is 10.5. The minimum Gasteiger partial charge on any atom is -0.333 e. The zero-order chi connectivity index (χ0) is 16.1. The first-order valence-corrected chi connectivity index (χ1v) is 8.59. The summed E-state index contributed by atoms with van der Waals surface area (Å²) < 4.78 is 1.02. The molecule has 1 aromatic rings. The molecule has 1 aromatic carbocycles. The van der Waals surface area contributed by atoms with Gasteiger partial charge in [0.1, 0.15) is 6.54 Å². The maximum Gasteiger partial charge on any atom is 0.246 e. The molecule has 1 heterocycles. The molecule has 120 valence electrons. The Balaban J connectivity index is 2.03. The third-order valence-corrected chi connectivity index (χ3v) is 5.04. The highest BCUT2D eigenvalue weighted by molar-refractivity contribution is 9.10. The van der Waals surface area contributed by atoms with E-state index in [-0.39, 0.29) is 18.4 Å². The van der Waals surface area contributed by atoms with E-state index in [9.17, 15) is 9.59 Å². The van der Waals surface area contributed by atoms with E-state index in [0.717, 1.165) is 41.4 Å². The molecule has 1 saturated heterocycles. The summed E-state index contributed by atoms with van der Waals surface area (Å²) in [5.41, 5.74) is 1.93. The molecule has 1 fully saturated rings. The fourth-order valence-corrected chi connectivity index (χ4v) is 2.88. The second-order valence-corrected chi connectivity index (χ2v) is 6.72. The van der Waals surface area contributed by atoms with Crippen molar-refractivity contribution in [2.75, 3.05) is 25.0 Å². The van der Waals surface area contributed by atoms with Crippen molar-refractivity contribution in [3.63, 3.8) is 0 Å². The number of likely N-dealkylation sites (N-methyl/N-ethyl adjacent to an activating group) is 1. The molecule has 22 heavy (non-hydrogen) atoms. The summed E-state index contributed by atoms with van der Waals surface area (Å²) in [5, 5.41) is 0. The maximum absolute atomic E-state index is 12.5. The molecular weight excluding hydrogens is 344 g/mol. The van der Waals surface area contributed by atoms with Crippen LogP contribution in [0.15, 0.2) is 22.7 Å². The fourth-order valence-electron chi connectivity index (χ4n) is 2.63.